The zero-order chi connectivity index (χ0) is 29.9. The van der Waals surface area contributed by atoms with Gasteiger partial charge < -0.3 is 4.74 Å². The van der Waals surface area contributed by atoms with E-state index in [2.05, 4.69) is 5.32 Å². The lowest BCUT2D eigenvalue weighted by atomic mass is 9.71. The van der Waals surface area contributed by atoms with Crippen molar-refractivity contribution in [2.24, 2.45) is 11.8 Å². The van der Waals surface area contributed by atoms with E-state index in [0.29, 0.717) is 12.1 Å². The molecular weight excluding hydrogens is 578 g/mol. The van der Waals surface area contributed by atoms with Crippen molar-refractivity contribution in [2.45, 2.75) is 23.9 Å². The van der Waals surface area contributed by atoms with E-state index in [9.17, 15) is 40.7 Å². The van der Waals surface area contributed by atoms with Gasteiger partial charge in [0.2, 0.25) is 11.8 Å². The van der Waals surface area contributed by atoms with Gasteiger partial charge in [0.25, 0.3) is 0 Å². The molecule has 2 fully saturated rings. The Hall–Kier alpha value is -3.90. The summed E-state index contributed by atoms with van der Waals surface area (Å²) in [6.45, 7) is 0. The second kappa shape index (κ2) is 9.88. The second-order valence-corrected chi connectivity index (χ2v) is 10.0. The maximum atomic E-state index is 14.1. The Kier molecular flexibility index (Phi) is 6.90. The van der Waals surface area contributed by atoms with Crippen LogP contribution in [-0.4, -0.2) is 30.9 Å². The summed E-state index contributed by atoms with van der Waals surface area (Å²) >= 11 is 5.94. The molecule has 2 saturated heterocycles. The van der Waals surface area contributed by atoms with Gasteiger partial charge >= 0.3 is 18.3 Å². The molecule has 1 N–H and O–H groups in total. The highest BCUT2D eigenvalue weighted by Gasteiger charge is 2.68. The van der Waals surface area contributed by atoms with Crippen molar-refractivity contribution in [2.75, 3.05) is 12.0 Å². The van der Waals surface area contributed by atoms with E-state index in [-0.39, 0.29) is 21.8 Å². The smallest absolute Gasteiger partial charge is 0.416 e. The summed E-state index contributed by atoms with van der Waals surface area (Å²) in [5.74, 6) is -6.02. The van der Waals surface area contributed by atoms with E-state index in [0.717, 1.165) is 36.3 Å². The molecule has 2 aliphatic heterocycles. The van der Waals surface area contributed by atoms with Crippen LogP contribution in [0, 0.1) is 11.8 Å². The quantitative estimate of drug-likeness (QED) is 0.242. The second-order valence-electron chi connectivity index (χ2n) is 9.60. The van der Waals surface area contributed by atoms with Gasteiger partial charge in [-0.3, -0.25) is 19.7 Å². The Labute approximate surface area is 233 Å². The van der Waals surface area contributed by atoms with E-state index in [1.807, 2.05) is 0 Å². The van der Waals surface area contributed by atoms with Crippen molar-refractivity contribution in [3.63, 3.8) is 0 Å². The number of ether oxygens (including phenoxy) is 1. The SMILES string of the molecule is COC(=O)[C@@H]1NC(c2cccc(C(F)(F)F)c2)(c2cccc(C(F)(F)F)c2)[C@H]2C(=O)N(c3ccc(Cl)cc3)C(=O)[C@H]12. The number of carbonyl (C=O) groups is 3. The molecule has 0 aliphatic carbocycles. The summed E-state index contributed by atoms with van der Waals surface area (Å²) < 4.78 is 87.7. The Morgan fingerprint density at radius 3 is 1.83 bits per heavy atom. The van der Waals surface area contributed by atoms with Crippen molar-refractivity contribution in [1.82, 2.24) is 5.32 Å². The van der Waals surface area contributed by atoms with E-state index in [4.69, 9.17) is 16.3 Å². The monoisotopic (exact) mass is 596 g/mol. The van der Waals surface area contributed by atoms with Crippen LogP contribution in [0.4, 0.5) is 32.0 Å². The maximum Gasteiger partial charge on any atom is 0.416 e. The molecule has 0 aromatic heterocycles. The molecule has 5 rings (SSSR count). The number of anilines is 1. The number of alkyl halides is 6. The van der Waals surface area contributed by atoms with Crippen molar-refractivity contribution in [3.8, 4) is 0 Å². The molecule has 3 aromatic rings. The highest BCUT2D eigenvalue weighted by atomic mass is 35.5. The van der Waals surface area contributed by atoms with E-state index in [1.54, 1.807) is 0 Å². The maximum absolute atomic E-state index is 14.1. The summed E-state index contributed by atoms with van der Waals surface area (Å²) in [6, 6.07) is 11.3. The molecule has 214 valence electrons. The molecule has 41 heavy (non-hydrogen) atoms. The molecule has 3 aromatic carbocycles. The van der Waals surface area contributed by atoms with Crippen LogP contribution in [-0.2, 0) is 37.0 Å². The number of benzene rings is 3. The minimum atomic E-state index is -4.85. The number of halogens is 7. The van der Waals surface area contributed by atoms with Crippen LogP contribution < -0.4 is 10.2 Å². The van der Waals surface area contributed by atoms with Crippen LogP contribution in [0.1, 0.15) is 22.3 Å². The fourth-order valence-corrected chi connectivity index (χ4v) is 5.78. The van der Waals surface area contributed by atoms with Gasteiger partial charge in [0, 0.05) is 5.02 Å². The average molecular weight is 597 g/mol. The number of amides is 2. The van der Waals surface area contributed by atoms with Gasteiger partial charge in [-0.1, -0.05) is 35.9 Å². The Morgan fingerprint density at radius 2 is 1.37 bits per heavy atom. The van der Waals surface area contributed by atoms with Crippen LogP contribution >= 0.6 is 11.6 Å². The number of esters is 1. The van der Waals surface area contributed by atoms with E-state index in [1.165, 1.54) is 36.4 Å². The van der Waals surface area contributed by atoms with Crippen molar-refractivity contribution < 1.29 is 45.5 Å². The number of rotatable bonds is 4. The van der Waals surface area contributed by atoms with Crippen molar-refractivity contribution >= 4 is 35.1 Å². The summed E-state index contributed by atoms with van der Waals surface area (Å²) in [5, 5.41) is 3.07. The van der Waals surface area contributed by atoms with Crippen LogP contribution in [0.15, 0.2) is 72.8 Å². The lowest BCUT2D eigenvalue weighted by Gasteiger charge is -2.37. The Balaban J connectivity index is 1.81. The minimum absolute atomic E-state index is 0.0596. The number of hydrogen-bond donors (Lipinski definition) is 1. The normalized spacial score (nSPS) is 22.1. The van der Waals surface area contributed by atoms with Crippen LogP contribution in [0.2, 0.25) is 5.02 Å². The molecular formula is C28H19ClF6N2O4. The first-order chi connectivity index (χ1) is 19.2. The third-order valence-electron chi connectivity index (χ3n) is 7.39. The first kappa shape index (κ1) is 28.6. The van der Waals surface area contributed by atoms with E-state index >= 15 is 0 Å². The van der Waals surface area contributed by atoms with Gasteiger partial charge in [0.1, 0.15) is 6.04 Å². The Bertz CT molecular complexity index is 1480. The molecule has 6 nitrogen and oxygen atoms in total. The molecule has 2 aliphatic rings. The fraction of sp³-hybridized carbons (Fsp3) is 0.250. The zero-order valence-electron chi connectivity index (χ0n) is 20.9. The fourth-order valence-electron chi connectivity index (χ4n) is 5.66. The molecule has 0 bridgehead atoms. The van der Waals surface area contributed by atoms with Crippen molar-refractivity contribution in [3.05, 3.63) is 100 Å². The topological polar surface area (TPSA) is 75.7 Å². The summed E-state index contributed by atoms with van der Waals surface area (Å²) in [6.07, 6.45) is -9.70. The van der Waals surface area contributed by atoms with Crippen molar-refractivity contribution in [1.29, 1.82) is 0 Å². The number of nitrogens with zero attached hydrogens (tertiary/aromatic N) is 1. The number of nitrogens with one attached hydrogen (secondary N) is 1. The summed E-state index contributed by atoms with van der Waals surface area (Å²) in [5.41, 5.74) is -4.95. The number of fused-ring (bicyclic) bond motifs is 1. The predicted octanol–water partition coefficient (Wildman–Crippen LogP) is 5.57. The lowest BCUT2D eigenvalue weighted by Crippen LogP contribution is -2.52. The predicted molar refractivity (Wildman–Crippen MR) is 134 cm³/mol. The molecule has 0 radical (unpaired) electrons. The summed E-state index contributed by atoms with van der Waals surface area (Å²) in [4.78, 5) is 41.6. The first-order valence-electron chi connectivity index (χ1n) is 12.0. The molecule has 3 atom stereocenters. The Morgan fingerprint density at radius 1 is 0.854 bits per heavy atom. The largest absolute Gasteiger partial charge is 0.468 e. The zero-order valence-corrected chi connectivity index (χ0v) is 21.6. The molecule has 13 heteroatoms. The number of carbonyl (C=O) groups excluding carboxylic acids is 3. The van der Waals surface area contributed by atoms with Gasteiger partial charge in [-0.2, -0.15) is 26.3 Å². The van der Waals surface area contributed by atoms with Crippen LogP contribution in [0.5, 0.6) is 0 Å². The van der Waals surface area contributed by atoms with Crippen LogP contribution in [0.3, 0.4) is 0 Å². The number of imide groups is 1. The molecule has 2 heterocycles. The van der Waals surface area contributed by atoms with Gasteiger partial charge in [0.05, 0.1) is 41.3 Å². The third-order valence-corrected chi connectivity index (χ3v) is 7.64. The lowest BCUT2D eigenvalue weighted by molar-refractivity contribution is -0.145. The van der Waals surface area contributed by atoms with Crippen LogP contribution in [0.25, 0.3) is 0 Å². The van der Waals surface area contributed by atoms with Gasteiger partial charge in [0.15, 0.2) is 0 Å². The molecule has 0 spiro atoms. The number of methoxy groups -OCH3 is 1. The van der Waals surface area contributed by atoms with Gasteiger partial charge in [-0.15, -0.1) is 0 Å². The first-order valence-corrected chi connectivity index (χ1v) is 12.4. The molecule has 0 unspecified atom stereocenters. The minimum Gasteiger partial charge on any atom is -0.468 e. The highest BCUT2D eigenvalue weighted by molar-refractivity contribution is 6.31. The van der Waals surface area contributed by atoms with Gasteiger partial charge in [-0.25, -0.2) is 4.90 Å². The highest BCUT2D eigenvalue weighted by Crippen LogP contribution is 2.53. The van der Waals surface area contributed by atoms with Gasteiger partial charge in [-0.05, 0) is 59.7 Å². The third kappa shape index (κ3) is 4.64. The number of hydrogen-bond acceptors (Lipinski definition) is 5. The molecule has 0 saturated carbocycles. The molecule has 2 amide bonds. The summed E-state index contributed by atoms with van der Waals surface area (Å²) in [7, 11) is 1.01. The average Bonchev–Trinajstić information content (AvgIpc) is 3.42. The van der Waals surface area contributed by atoms with E-state index < -0.39 is 64.7 Å². The standard InChI is InChI=1S/C28H19ClF6N2O4/c1-41-25(40)22-20-21(24(39)37(23(20)38)19-10-8-18(29)9-11-19)26(36-22,14-4-2-6-16(12-14)27(30,31)32)15-5-3-7-17(13-15)28(33,34)35/h2-13,20-22,36H,1H3/t20-,21+,22+/m0/s1.